The Kier molecular flexibility index (Phi) is 2.87. The number of hydrogen-bond acceptors (Lipinski definition) is 2. The van der Waals surface area contributed by atoms with Gasteiger partial charge in [0.25, 0.3) is 0 Å². The summed E-state index contributed by atoms with van der Waals surface area (Å²) in [7, 11) is 0. The van der Waals surface area contributed by atoms with Crippen LogP contribution in [0.1, 0.15) is 37.7 Å². The highest BCUT2D eigenvalue weighted by Crippen LogP contribution is 2.45. The predicted molar refractivity (Wildman–Crippen MR) is 69.0 cm³/mol. The van der Waals surface area contributed by atoms with Crippen LogP contribution in [0.5, 0.6) is 0 Å². The molecule has 0 spiro atoms. The van der Waals surface area contributed by atoms with E-state index < -0.39 is 11.7 Å². The first-order chi connectivity index (χ1) is 8.97. The second-order valence-electron chi connectivity index (χ2n) is 5.50. The third-order valence-electron chi connectivity index (χ3n) is 4.30. The van der Waals surface area contributed by atoms with Gasteiger partial charge in [0.1, 0.15) is 0 Å². The number of nitrogens with two attached hydrogens (primary N) is 1. The molecule has 0 aliphatic carbocycles. The van der Waals surface area contributed by atoms with E-state index in [1.807, 2.05) is 4.90 Å². The van der Waals surface area contributed by atoms with Gasteiger partial charge in [0.15, 0.2) is 0 Å². The molecule has 0 radical (unpaired) electrons. The summed E-state index contributed by atoms with van der Waals surface area (Å²) in [4.78, 5) is 1.99. The summed E-state index contributed by atoms with van der Waals surface area (Å²) in [6, 6.07) is 4.70. The van der Waals surface area contributed by atoms with Crippen molar-refractivity contribution in [1.82, 2.24) is 0 Å². The molecule has 5 heteroatoms. The lowest BCUT2D eigenvalue weighted by atomic mass is 10.00. The molecule has 19 heavy (non-hydrogen) atoms. The molecule has 1 aromatic rings. The lowest BCUT2D eigenvalue weighted by Gasteiger charge is -2.38. The van der Waals surface area contributed by atoms with Crippen LogP contribution < -0.4 is 10.6 Å². The van der Waals surface area contributed by atoms with Crippen LogP contribution in [0.15, 0.2) is 18.2 Å². The molecule has 1 aromatic carbocycles. The van der Waals surface area contributed by atoms with Gasteiger partial charge in [0.05, 0.1) is 5.56 Å². The molecule has 104 valence electrons. The van der Waals surface area contributed by atoms with Crippen molar-refractivity contribution in [2.45, 2.75) is 50.4 Å². The molecule has 0 aromatic heterocycles. The number of fused-ring (bicyclic) bond motifs is 2. The second kappa shape index (κ2) is 4.32. The highest BCUT2D eigenvalue weighted by atomic mass is 19.4. The van der Waals surface area contributed by atoms with Crippen LogP contribution in [-0.2, 0) is 6.18 Å². The van der Waals surface area contributed by atoms with Gasteiger partial charge >= 0.3 is 6.18 Å². The van der Waals surface area contributed by atoms with Crippen LogP contribution in [0, 0.1) is 0 Å². The molecular weight excluding hydrogens is 253 g/mol. The lowest BCUT2D eigenvalue weighted by molar-refractivity contribution is -0.137. The molecule has 2 atom stereocenters. The standard InChI is InChI=1S/C14H17F3N2/c15-14(16,17)12-8-9(18)4-7-13(12)19-10-2-1-3-11(19)6-5-10/h4,7-8,10-11H,1-3,5-6,18H2. The van der Waals surface area contributed by atoms with Crippen LogP contribution in [0.4, 0.5) is 24.5 Å². The summed E-state index contributed by atoms with van der Waals surface area (Å²) < 4.78 is 39.5. The number of nitrogens with zero attached hydrogens (tertiary/aromatic N) is 1. The van der Waals surface area contributed by atoms with Crippen molar-refractivity contribution in [3.05, 3.63) is 23.8 Å². The Bertz CT molecular complexity index is 468. The highest BCUT2D eigenvalue weighted by molar-refractivity contribution is 5.62. The summed E-state index contributed by atoms with van der Waals surface area (Å²) in [5, 5.41) is 0. The number of piperidine rings is 1. The first-order valence-electron chi connectivity index (χ1n) is 6.72. The van der Waals surface area contributed by atoms with Crippen LogP contribution >= 0.6 is 0 Å². The van der Waals surface area contributed by atoms with Gasteiger partial charge in [-0.05, 0) is 50.3 Å². The quantitative estimate of drug-likeness (QED) is 0.786. The second-order valence-corrected chi connectivity index (χ2v) is 5.50. The minimum atomic E-state index is -4.35. The van der Waals surface area contributed by atoms with Crippen molar-refractivity contribution in [3.63, 3.8) is 0 Å². The van der Waals surface area contributed by atoms with Crippen LogP contribution in [0.2, 0.25) is 0 Å². The van der Waals surface area contributed by atoms with Crippen molar-refractivity contribution in [2.75, 3.05) is 10.6 Å². The van der Waals surface area contributed by atoms with E-state index in [4.69, 9.17) is 5.73 Å². The predicted octanol–water partition coefficient (Wildman–Crippen LogP) is 3.81. The Balaban J connectivity index is 2.05. The van der Waals surface area contributed by atoms with Gasteiger partial charge < -0.3 is 10.6 Å². The van der Waals surface area contributed by atoms with Gasteiger partial charge in [0, 0.05) is 23.5 Å². The Hall–Kier alpha value is -1.39. The van der Waals surface area contributed by atoms with Crippen molar-refractivity contribution in [2.24, 2.45) is 0 Å². The number of benzene rings is 1. The Morgan fingerprint density at radius 1 is 1.05 bits per heavy atom. The molecule has 2 heterocycles. The normalized spacial score (nSPS) is 26.8. The van der Waals surface area contributed by atoms with Gasteiger partial charge in [0.2, 0.25) is 0 Å². The maximum Gasteiger partial charge on any atom is 0.418 e. The summed E-state index contributed by atoms with van der Waals surface area (Å²) in [6.45, 7) is 0. The molecule has 2 aliphatic rings. The molecule has 2 N–H and O–H groups in total. The summed E-state index contributed by atoms with van der Waals surface area (Å²) in [5.74, 6) is 0. The smallest absolute Gasteiger partial charge is 0.399 e. The fourth-order valence-corrected chi connectivity index (χ4v) is 3.52. The van der Waals surface area contributed by atoms with Gasteiger partial charge in [-0.3, -0.25) is 0 Å². The zero-order chi connectivity index (χ0) is 13.6. The Labute approximate surface area is 110 Å². The van der Waals surface area contributed by atoms with E-state index in [1.54, 1.807) is 6.07 Å². The van der Waals surface area contributed by atoms with Crippen LogP contribution in [0.3, 0.4) is 0 Å². The fraction of sp³-hybridized carbons (Fsp3) is 0.571. The zero-order valence-electron chi connectivity index (χ0n) is 10.6. The number of nitrogen functional groups attached to an aromatic ring is 1. The molecule has 0 amide bonds. The van der Waals surface area contributed by atoms with E-state index in [-0.39, 0.29) is 17.8 Å². The number of anilines is 2. The zero-order valence-corrected chi connectivity index (χ0v) is 10.6. The van der Waals surface area contributed by atoms with Gasteiger partial charge in [-0.2, -0.15) is 13.2 Å². The average molecular weight is 270 g/mol. The summed E-state index contributed by atoms with van der Waals surface area (Å²) in [5.41, 5.74) is 5.41. The van der Waals surface area contributed by atoms with E-state index in [9.17, 15) is 13.2 Å². The minimum Gasteiger partial charge on any atom is -0.399 e. The topological polar surface area (TPSA) is 29.3 Å². The Morgan fingerprint density at radius 3 is 2.26 bits per heavy atom. The number of rotatable bonds is 1. The van der Waals surface area contributed by atoms with Crippen molar-refractivity contribution in [3.8, 4) is 0 Å². The number of alkyl halides is 3. The maximum absolute atomic E-state index is 13.2. The molecule has 3 rings (SSSR count). The van der Waals surface area contributed by atoms with Crippen LogP contribution in [0.25, 0.3) is 0 Å². The molecule has 2 saturated heterocycles. The van der Waals surface area contributed by atoms with E-state index in [2.05, 4.69) is 0 Å². The number of halogens is 3. The van der Waals surface area contributed by atoms with E-state index in [0.29, 0.717) is 5.69 Å². The lowest BCUT2D eigenvalue weighted by Crippen LogP contribution is -2.40. The molecular formula is C14H17F3N2. The third-order valence-corrected chi connectivity index (χ3v) is 4.30. The SMILES string of the molecule is Nc1ccc(N2C3CCCC2CC3)c(C(F)(F)F)c1. The fourth-order valence-electron chi connectivity index (χ4n) is 3.52. The van der Waals surface area contributed by atoms with E-state index in [0.717, 1.165) is 38.2 Å². The highest BCUT2D eigenvalue weighted by Gasteiger charge is 2.42. The first kappa shape index (κ1) is 12.6. The van der Waals surface area contributed by atoms with Crippen molar-refractivity contribution >= 4 is 11.4 Å². The molecule has 0 saturated carbocycles. The minimum absolute atomic E-state index is 0.167. The third kappa shape index (κ3) is 2.15. The monoisotopic (exact) mass is 270 g/mol. The molecule has 2 aliphatic heterocycles. The molecule has 2 fully saturated rings. The molecule has 2 bridgehead atoms. The average Bonchev–Trinajstić information content (AvgIpc) is 2.58. The van der Waals surface area contributed by atoms with Gasteiger partial charge in [-0.1, -0.05) is 0 Å². The largest absolute Gasteiger partial charge is 0.418 e. The van der Waals surface area contributed by atoms with Crippen molar-refractivity contribution in [1.29, 1.82) is 0 Å². The summed E-state index contributed by atoms with van der Waals surface area (Å²) >= 11 is 0. The Morgan fingerprint density at radius 2 is 1.68 bits per heavy atom. The number of hydrogen-bond donors (Lipinski definition) is 1. The van der Waals surface area contributed by atoms with Gasteiger partial charge in [-0.15, -0.1) is 0 Å². The van der Waals surface area contributed by atoms with Gasteiger partial charge in [-0.25, -0.2) is 0 Å². The van der Waals surface area contributed by atoms with E-state index in [1.165, 1.54) is 6.07 Å². The van der Waals surface area contributed by atoms with Crippen molar-refractivity contribution < 1.29 is 13.2 Å². The maximum atomic E-state index is 13.2. The molecule has 2 unspecified atom stereocenters. The first-order valence-corrected chi connectivity index (χ1v) is 6.72. The van der Waals surface area contributed by atoms with Crippen LogP contribution in [-0.4, -0.2) is 12.1 Å². The van der Waals surface area contributed by atoms with E-state index >= 15 is 0 Å². The summed E-state index contributed by atoms with van der Waals surface area (Å²) in [6.07, 6.45) is 0.790. The molecule has 2 nitrogen and oxygen atoms in total.